The molecule has 1 aliphatic rings. The minimum absolute atomic E-state index is 0.163. The number of carboxylic acids is 1. The first-order valence-electron chi connectivity index (χ1n) is 8.70. The highest BCUT2D eigenvalue weighted by atomic mass is 31.2. The van der Waals surface area contributed by atoms with Crippen molar-refractivity contribution < 1.29 is 14.8 Å². The normalized spacial score (nSPS) is 17.0. The molecular weight excluding hydrogens is 335 g/mol. The molecule has 2 heterocycles. The Labute approximate surface area is 149 Å². The van der Waals surface area contributed by atoms with Gasteiger partial charge in [0, 0.05) is 11.6 Å². The second-order valence-corrected chi connectivity index (χ2v) is 11.4. The average molecular weight is 361 g/mol. The summed E-state index contributed by atoms with van der Waals surface area (Å²) in [6, 6.07) is 9.40. The fraction of sp³-hybridized carbons (Fsp3) is 0.474. The number of carboxylic acid groups (broad SMARTS) is 1. The van der Waals surface area contributed by atoms with Crippen LogP contribution in [0, 0.1) is 0 Å². The zero-order chi connectivity index (χ0) is 18.2. The van der Waals surface area contributed by atoms with Gasteiger partial charge in [-0.05, 0) is 56.4 Å². The van der Waals surface area contributed by atoms with Gasteiger partial charge in [-0.2, -0.15) is 5.10 Å². The second-order valence-electron chi connectivity index (χ2n) is 7.96. The largest absolute Gasteiger partial charge is 0.477 e. The maximum atomic E-state index is 11.7. The molecular formula is C19H26N2O3P. The molecule has 3 rings (SSSR count). The molecule has 1 saturated heterocycles. The number of aromatic nitrogens is 2. The lowest BCUT2D eigenvalue weighted by Crippen LogP contribution is -2.13. The Bertz CT molecular complexity index is 786. The van der Waals surface area contributed by atoms with E-state index in [4.69, 9.17) is 0 Å². The van der Waals surface area contributed by atoms with Crippen LogP contribution in [0.25, 0.3) is 5.69 Å². The van der Waals surface area contributed by atoms with Crippen molar-refractivity contribution in [1.29, 1.82) is 0 Å². The summed E-state index contributed by atoms with van der Waals surface area (Å²) in [6.07, 6.45) is 4.81. The van der Waals surface area contributed by atoms with E-state index < -0.39 is 13.5 Å². The van der Waals surface area contributed by atoms with Crippen molar-refractivity contribution in [2.75, 3.05) is 12.3 Å². The third-order valence-electron chi connectivity index (χ3n) is 4.73. The molecule has 1 aromatic carbocycles. The predicted molar refractivity (Wildman–Crippen MR) is 101 cm³/mol. The van der Waals surface area contributed by atoms with E-state index in [1.165, 1.54) is 4.68 Å². The highest BCUT2D eigenvalue weighted by molar-refractivity contribution is 7.69. The first-order valence-corrected chi connectivity index (χ1v) is 11.0. The van der Waals surface area contributed by atoms with Crippen molar-refractivity contribution in [2.45, 2.75) is 45.2 Å². The van der Waals surface area contributed by atoms with E-state index in [0.29, 0.717) is 6.16 Å². The van der Waals surface area contributed by atoms with Gasteiger partial charge in [0.05, 0.1) is 11.4 Å². The van der Waals surface area contributed by atoms with Gasteiger partial charge < -0.3 is 10.00 Å². The molecule has 25 heavy (non-hydrogen) atoms. The molecule has 6 heteroatoms. The first-order chi connectivity index (χ1) is 11.7. The number of aromatic carboxylic acids is 1. The molecule has 0 unspecified atom stereocenters. The highest BCUT2D eigenvalue weighted by Crippen LogP contribution is 2.62. The number of rotatable bonds is 4. The summed E-state index contributed by atoms with van der Waals surface area (Å²) in [4.78, 5) is 22.4. The summed E-state index contributed by atoms with van der Waals surface area (Å²) >= 11 is 0. The summed E-state index contributed by atoms with van der Waals surface area (Å²) in [5.41, 5.74) is 2.47. The Kier molecular flexibility index (Phi) is 4.74. The van der Waals surface area contributed by atoms with Crippen molar-refractivity contribution >= 4 is 13.5 Å². The fourth-order valence-corrected chi connectivity index (χ4v) is 6.35. The van der Waals surface area contributed by atoms with Crippen LogP contribution in [-0.4, -0.2) is 38.1 Å². The Morgan fingerprint density at radius 2 is 1.92 bits per heavy atom. The maximum Gasteiger partial charge on any atom is 0.354 e. The summed E-state index contributed by atoms with van der Waals surface area (Å²) < 4.78 is 1.50. The van der Waals surface area contributed by atoms with Gasteiger partial charge in [0.2, 0.25) is 0 Å². The number of hydrogen-bond donors (Lipinski definition) is 2. The summed E-state index contributed by atoms with van der Waals surface area (Å²) in [5, 5.41) is 14.1. The van der Waals surface area contributed by atoms with Crippen molar-refractivity contribution in [3.63, 3.8) is 0 Å². The quantitative estimate of drug-likeness (QED) is 0.805. The molecule has 0 bridgehead atoms. The number of hydrogen-bond acceptors (Lipinski definition) is 3. The monoisotopic (exact) mass is 361 g/mol. The lowest BCUT2D eigenvalue weighted by molar-refractivity contribution is 0.0687. The minimum atomic E-state index is -1.85. The van der Waals surface area contributed by atoms with Crippen LogP contribution in [0.15, 0.2) is 30.3 Å². The van der Waals surface area contributed by atoms with Crippen molar-refractivity contribution in [1.82, 2.24) is 9.78 Å². The standard InChI is InChI=1S/C19H26N2O3P/c1-19(2,3)17-12-16(18(22)23)21(20-17)15-8-6-7-14(11-15)13-25(24)9-4-5-10-25/h6-8,11-12,24H,4-5,9-10,13H2,1-3H3,(H,22,23). The topological polar surface area (TPSA) is 75.3 Å². The molecule has 135 valence electrons. The van der Waals surface area contributed by atoms with E-state index >= 15 is 0 Å². The van der Waals surface area contributed by atoms with Crippen molar-refractivity contribution in [3.05, 3.63) is 47.3 Å². The average Bonchev–Trinajstić information content (AvgIpc) is 3.13. The van der Waals surface area contributed by atoms with Gasteiger partial charge in [-0.3, -0.25) is 0 Å². The zero-order valence-corrected chi connectivity index (χ0v) is 16.0. The third kappa shape index (κ3) is 3.94. The molecule has 1 aromatic heterocycles. The van der Waals surface area contributed by atoms with Gasteiger partial charge in [0.25, 0.3) is 0 Å². The van der Waals surface area contributed by atoms with Crippen LogP contribution in [0.5, 0.6) is 0 Å². The molecule has 1 radical (unpaired) electrons. The Morgan fingerprint density at radius 1 is 1.24 bits per heavy atom. The van der Waals surface area contributed by atoms with Crippen molar-refractivity contribution in [3.8, 4) is 5.69 Å². The van der Waals surface area contributed by atoms with E-state index in [1.54, 1.807) is 6.07 Å². The van der Waals surface area contributed by atoms with Gasteiger partial charge in [0.15, 0.2) is 5.69 Å². The molecule has 1 aliphatic heterocycles. The van der Waals surface area contributed by atoms with Gasteiger partial charge in [0.1, 0.15) is 0 Å². The molecule has 0 saturated carbocycles. The van der Waals surface area contributed by atoms with E-state index in [0.717, 1.165) is 42.1 Å². The molecule has 5 nitrogen and oxygen atoms in total. The maximum absolute atomic E-state index is 11.7. The van der Waals surface area contributed by atoms with E-state index in [-0.39, 0.29) is 11.1 Å². The van der Waals surface area contributed by atoms with Crippen molar-refractivity contribution in [2.24, 2.45) is 0 Å². The molecule has 2 N–H and O–H groups in total. The van der Waals surface area contributed by atoms with Crippen LogP contribution < -0.4 is 0 Å². The molecule has 0 atom stereocenters. The molecule has 1 fully saturated rings. The molecule has 2 aromatic rings. The Morgan fingerprint density at radius 3 is 2.52 bits per heavy atom. The molecule has 0 amide bonds. The SMILES string of the molecule is CC(C)(C)c1cc(C(=O)O)n(-c2cccc(C[P]3(O)CCCC3)c2)n1. The lowest BCUT2D eigenvalue weighted by atomic mass is 9.92. The van der Waals surface area contributed by atoms with Crippen LogP contribution in [-0.2, 0) is 11.6 Å². The van der Waals surface area contributed by atoms with Crippen LogP contribution in [0.4, 0.5) is 0 Å². The number of carbonyl (C=O) groups is 1. The van der Waals surface area contributed by atoms with Crippen LogP contribution in [0.2, 0.25) is 0 Å². The smallest absolute Gasteiger partial charge is 0.354 e. The minimum Gasteiger partial charge on any atom is -0.477 e. The predicted octanol–water partition coefficient (Wildman–Crippen LogP) is 4.09. The second kappa shape index (κ2) is 6.54. The number of nitrogens with zero attached hydrogens (tertiary/aromatic N) is 2. The summed E-state index contributed by atoms with van der Waals surface area (Å²) in [7, 11) is -1.85. The first kappa shape index (κ1) is 18.1. The Hall–Kier alpha value is -1.71. The van der Waals surface area contributed by atoms with Gasteiger partial charge >= 0.3 is 5.97 Å². The van der Waals surface area contributed by atoms with E-state index in [9.17, 15) is 14.8 Å². The lowest BCUT2D eigenvalue weighted by Gasteiger charge is -2.24. The van der Waals surface area contributed by atoms with Gasteiger partial charge in [-0.1, -0.05) is 32.9 Å². The Balaban J connectivity index is 1.98. The summed E-state index contributed by atoms with van der Waals surface area (Å²) in [6.45, 7) is 6.05. The van der Waals surface area contributed by atoms with Crippen LogP contribution in [0.3, 0.4) is 0 Å². The van der Waals surface area contributed by atoms with Gasteiger partial charge in [-0.15, -0.1) is 0 Å². The third-order valence-corrected chi connectivity index (χ3v) is 7.98. The van der Waals surface area contributed by atoms with Crippen LogP contribution in [0.1, 0.15) is 55.4 Å². The molecule has 0 aliphatic carbocycles. The molecule has 0 spiro atoms. The fourth-order valence-electron chi connectivity index (χ4n) is 3.31. The van der Waals surface area contributed by atoms with Gasteiger partial charge in [-0.25, -0.2) is 9.48 Å². The van der Waals surface area contributed by atoms with E-state index in [1.807, 2.05) is 45.0 Å². The zero-order valence-electron chi connectivity index (χ0n) is 15.1. The number of benzene rings is 1. The van der Waals surface area contributed by atoms with E-state index in [2.05, 4.69) is 5.10 Å². The highest BCUT2D eigenvalue weighted by Gasteiger charge is 2.29. The summed E-state index contributed by atoms with van der Waals surface area (Å²) in [5.74, 6) is -0.990. The van der Waals surface area contributed by atoms with Crippen LogP contribution >= 0.6 is 7.49 Å².